The number of carbonyl (C=O) groups is 1. The van der Waals surface area contributed by atoms with Gasteiger partial charge in [0, 0.05) is 6.08 Å². The average molecular weight is 187 g/mol. The van der Waals surface area contributed by atoms with Crippen LogP contribution in [0.4, 0.5) is 0 Å². The van der Waals surface area contributed by atoms with Gasteiger partial charge < -0.3 is 5.11 Å². The van der Waals surface area contributed by atoms with Crippen molar-refractivity contribution < 1.29 is 9.90 Å². The summed E-state index contributed by atoms with van der Waals surface area (Å²) in [5.74, 6) is -0.981. The molecule has 0 saturated carbocycles. The van der Waals surface area contributed by atoms with Crippen LogP contribution in [0.5, 0.6) is 0 Å². The van der Waals surface area contributed by atoms with Gasteiger partial charge in [0.2, 0.25) is 0 Å². The van der Waals surface area contributed by atoms with Crippen molar-refractivity contribution in [1.29, 1.82) is 0 Å². The van der Waals surface area contributed by atoms with Crippen LogP contribution in [-0.4, -0.2) is 11.1 Å². The average Bonchev–Trinajstić information content (AvgIpc) is 2.09. The van der Waals surface area contributed by atoms with Gasteiger partial charge in [-0.1, -0.05) is 43.0 Å². The minimum Gasteiger partial charge on any atom is -0.478 e. The van der Waals surface area contributed by atoms with E-state index in [1.54, 1.807) is 0 Å². The van der Waals surface area contributed by atoms with Crippen LogP contribution in [-0.2, 0) is 4.79 Å². The third kappa shape index (κ3) is 11.5. The number of carboxylic acids is 1. The summed E-state index contributed by atoms with van der Waals surface area (Å²) in [5, 5.41) is 7.60. The molecule has 12 heavy (non-hydrogen) atoms. The minimum atomic E-state index is -0.981. The molecule has 1 aromatic rings. The first-order valence-corrected chi connectivity index (χ1v) is 3.12. The predicted octanol–water partition coefficient (Wildman–Crippen LogP) is 2.37. The van der Waals surface area contributed by atoms with Gasteiger partial charge in [-0.2, -0.15) is 0 Å². The first kappa shape index (κ1) is 13.3. The van der Waals surface area contributed by atoms with Crippen LogP contribution in [0.15, 0.2) is 49.1 Å². The Bertz CT molecular complexity index is 182. The third-order valence-corrected chi connectivity index (χ3v) is 0.841. The van der Waals surface area contributed by atoms with Crippen LogP contribution in [0.2, 0.25) is 0 Å². The SMILES string of the molecule is C=CC(=O)O.Cl.c1ccccc1. The van der Waals surface area contributed by atoms with E-state index >= 15 is 0 Å². The van der Waals surface area contributed by atoms with E-state index < -0.39 is 5.97 Å². The molecular formula is C9H11ClO2. The highest BCUT2D eigenvalue weighted by molar-refractivity contribution is 5.85. The van der Waals surface area contributed by atoms with Crippen molar-refractivity contribution in [3.8, 4) is 0 Å². The van der Waals surface area contributed by atoms with E-state index in [-0.39, 0.29) is 12.4 Å². The molecule has 0 radical (unpaired) electrons. The summed E-state index contributed by atoms with van der Waals surface area (Å²) in [7, 11) is 0. The molecule has 0 unspecified atom stereocenters. The predicted molar refractivity (Wildman–Crippen MR) is 51.5 cm³/mol. The van der Waals surface area contributed by atoms with Crippen molar-refractivity contribution in [3.05, 3.63) is 49.1 Å². The zero-order valence-corrected chi connectivity index (χ0v) is 7.33. The van der Waals surface area contributed by atoms with Gasteiger partial charge in [0.25, 0.3) is 0 Å². The van der Waals surface area contributed by atoms with Crippen molar-refractivity contribution in [1.82, 2.24) is 0 Å². The summed E-state index contributed by atoms with van der Waals surface area (Å²) < 4.78 is 0. The van der Waals surface area contributed by atoms with Gasteiger partial charge in [-0.25, -0.2) is 4.79 Å². The fourth-order valence-electron chi connectivity index (χ4n) is 0.385. The molecule has 3 heteroatoms. The molecule has 0 fully saturated rings. The summed E-state index contributed by atoms with van der Waals surface area (Å²) in [6, 6.07) is 12.0. The first-order chi connectivity index (χ1) is 5.27. The fourth-order valence-corrected chi connectivity index (χ4v) is 0.385. The third-order valence-electron chi connectivity index (χ3n) is 0.841. The van der Waals surface area contributed by atoms with Gasteiger partial charge in [-0.15, -0.1) is 12.4 Å². The Morgan fingerprint density at radius 1 is 1.08 bits per heavy atom. The van der Waals surface area contributed by atoms with Crippen molar-refractivity contribution in [3.63, 3.8) is 0 Å². The maximum Gasteiger partial charge on any atom is 0.327 e. The molecule has 0 saturated heterocycles. The Morgan fingerprint density at radius 3 is 1.33 bits per heavy atom. The van der Waals surface area contributed by atoms with Gasteiger partial charge in [-0.05, 0) is 0 Å². The van der Waals surface area contributed by atoms with Gasteiger partial charge in [0.05, 0.1) is 0 Å². The molecular weight excluding hydrogens is 176 g/mol. The van der Waals surface area contributed by atoms with Crippen molar-refractivity contribution in [2.24, 2.45) is 0 Å². The molecule has 0 aliphatic rings. The molecule has 0 heterocycles. The zero-order valence-electron chi connectivity index (χ0n) is 6.51. The molecule has 0 aliphatic heterocycles. The maximum absolute atomic E-state index is 9.25. The highest BCUT2D eigenvalue weighted by atomic mass is 35.5. The number of carboxylic acid groups (broad SMARTS) is 1. The number of aliphatic carboxylic acids is 1. The second-order valence-electron chi connectivity index (χ2n) is 1.70. The van der Waals surface area contributed by atoms with E-state index in [0.29, 0.717) is 0 Å². The summed E-state index contributed by atoms with van der Waals surface area (Å²) in [5.41, 5.74) is 0. The van der Waals surface area contributed by atoms with E-state index in [1.807, 2.05) is 36.4 Å². The maximum atomic E-state index is 9.25. The fraction of sp³-hybridized carbons (Fsp3) is 0. The highest BCUT2D eigenvalue weighted by Crippen LogP contribution is 1.79. The van der Waals surface area contributed by atoms with Crippen LogP contribution in [0.3, 0.4) is 0 Å². The molecule has 0 aliphatic carbocycles. The lowest BCUT2D eigenvalue weighted by atomic mass is 10.4. The molecule has 2 nitrogen and oxygen atoms in total. The standard InChI is InChI=1S/C6H6.C3H4O2.ClH/c1-2-4-6-5-3-1;1-2-3(4)5;/h1-6H;2H,1H2,(H,4,5);1H. The van der Waals surface area contributed by atoms with Gasteiger partial charge >= 0.3 is 5.97 Å². The number of benzene rings is 1. The van der Waals surface area contributed by atoms with E-state index in [9.17, 15) is 4.79 Å². The Kier molecular flexibility index (Phi) is 10.8. The van der Waals surface area contributed by atoms with Crippen molar-refractivity contribution >= 4 is 18.4 Å². The summed E-state index contributed by atoms with van der Waals surface area (Å²) >= 11 is 0. The molecule has 1 N–H and O–H groups in total. The molecule has 0 amide bonds. The van der Waals surface area contributed by atoms with Crippen LogP contribution >= 0.6 is 12.4 Å². The summed E-state index contributed by atoms with van der Waals surface area (Å²) in [4.78, 5) is 9.25. The van der Waals surface area contributed by atoms with Crippen LogP contribution in [0, 0.1) is 0 Å². The smallest absolute Gasteiger partial charge is 0.327 e. The van der Waals surface area contributed by atoms with Crippen molar-refractivity contribution in [2.75, 3.05) is 0 Å². The lowest BCUT2D eigenvalue weighted by molar-refractivity contribution is -0.131. The van der Waals surface area contributed by atoms with E-state index in [0.717, 1.165) is 6.08 Å². The second kappa shape index (κ2) is 9.72. The van der Waals surface area contributed by atoms with E-state index in [1.165, 1.54) is 0 Å². The largest absolute Gasteiger partial charge is 0.478 e. The van der Waals surface area contributed by atoms with E-state index in [4.69, 9.17) is 5.11 Å². The Balaban J connectivity index is 0. The van der Waals surface area contributed by atoms with Crippen molar-refractivity contribution in [2.45, 2.75) is 0 Å². The van der Waals surface area contributed by atoms with Gasteiger partial charge in [0.1, 0.15) is 0 Å². The monoisotopic (exact) mass is 186 g/mol. The van der Waals surface area contributed by atoms with Crippen LogP contribution in [0.1, 0.15) is 0 Å². The molecule has 0 bridgehead atoms. The molecule has 0 spiro atoms. The summed E-state index contributed by atoms with van der Waals surface area (Å²) in [6.45, 7) is 2.96. The Labute approximate surface area is 78.0 Å². The van der Waals surface area contributed by atoms with Crippen LogP contribution < -0.4 is 0 Å². The molecule has 1 aromatic carbocycles. The molecule has 1 rings (SSSR count). The second-order valence-corrected chi connectivity index (χ2v) is 1.70. The first-order valence-electron chi connectivity index (χ1n) is 3.12. The number of halogens is 1. The van der Waals surface area contributed by atoms with Crippen LogP contribution in [0.25, 0.3) is 0 Å². The quantitative estimate of drug-likeness (QED) is 0.684. The highest BCUT2D eigenvalue weighted by Gasteiger charge is 1.73. The zero-order chi connectivity index (χ0) is 8.53. The van der Waals surface area contributed by atoms with Gasteiger partial charge in [-0.3, -0.25) is 0 Å². The molecule has 66 valence electrons. The Hall–Kier alpha value is -1.28. The topological polar surface area (TPSA) is 37.3 Å². The normalized spacial score (nSPS) is 6.67. The minimum absolute atomic E-state index is 0. The number of hydrogen-bond donors (Lipinski definition) is 1. The number of hydrogen-bond acceptors (Lipinski definition) is 1. The number of rotatable bonds is 1. The molecule has 0 aromatic heterocycles. The van der Waals surface area contributed by atoms with E-state index in [2.05, 4.69) is 6.58 Å². The lowest BCUT2D eigenvalue weighted by Gasteiger charge is -1.69. The molecule has 0 atom stereocenters. The van der Waals surface area contributed by atoms with Gasteiger partial charge in [0.15, 0.2) is 0 Å². The Morgan fingerprint density at radius 2 is 1.25 bits per heavy atom. The lowest BCUT2D eigenvalue weighted by Crippen LogP contribution is -1.82. The summed E-state index contributed by atoms with van der Waals surface area (Å²) in [6.07, 6.45) is 0.833.